The van der Waals surface area contributed by atoms with Gasteiger partial charge in [-0.15, -0.1) is 0 Å². The van der Waals surface area contributed by atoms with Crippen molar-refractivity contribution in [2.24, 2.45) is 0 Å². The van der Waals surface area contributed by atoms with Crippen LogP contribution in [0.2, 0.25) is 0 Å². The number of nitro groups is 1. The van der Waals surface area contributed by atoms with Crippen molar-refractivity contribution in [1.29, 1.82) is 0 Å². The van der Waals surface area contributed by atoms with Gasteiger partial charge in [-0.05, 0) is 17.2 Å². The number of nitro benzene ring substituents is 1. The van der Waals surface area contributed by atoms with E-state index in [1.807, 2.05) is 35.0 Å². The molecule has 3 rings (SSSR count). The van der Waals surface area contributed by atoms with Crippen LogP contribution in [0.4, 0.5) is 15.8 Å². The number of benzene rings is 2. The Morgan fingerprint density at radius 2 is 2.04 bits per heavy atom. The maximum atomic E-state index is 13.3. The minimum Gasteiger partial charge on any atom is -0.375 e. The summed E-state index contributed by atoms with van der Waals surface area (Å²) in [5, 5.41) is 13.9. The second-order valence-electron chi connectivity index (χ2n) is 5.33. The molecule has 1 aromatic heterocycles. The first-order chi connectivity index (χ1) is 11.6. The summed E-state index contributed by atoms with van der Waals surface area (Å²) < 4.78 is 15.3. The molecule has 0 spiro atoms. The van der Waals surface area contributed by atoms with Gasteiger partial charge in [-0.2, -0.15) is 0 Å². The fourth-order valence-electron chi connectivity index (χ4n) is 2.44. The maximum Gasteiger partial charge on any atom is 0.292 e. The van der Waals surface area contributed by atoms with Crippen LogP contribution in [0.25, 0.3) is 0 Å². The summed E-state index contributed by atoms with van der Waals surface area (Å²) >= 11 is 0. The lowest BCUT2D eigenvalue weighted by molar-refractivity contribution is -0.384. The van der Waals surface area contributed by atoms with E-state index < -0.39 is 10.7 Å². The Hall–Kier alpha value is -3.22. The molecule has 0 aliphatic rings. The number of nitrogens with one attached hydrogen (secondary N) is 1. The highest BCUT2D eigenvalue weighted by Crippen LogP contribution is 2.25. The van der Waals surface area contributed by atoms with Gasteiger partial charge in [0.1, 0.15) is 11.5 Å². The third-order valence-electron chi connectivity index (χ3n) is 3.55. The van der Waals surface area contributed by atoms with Gasteiger partial charge in [0.2, 0.25) is 0 Å². The normalized spacial score (nSPS) is 10.5. The predicted molar refractivity (Wildman–Crippen MR) is 88.2 cm³/mol. The third kappa shape index (κ3) is 3.75. The second kappa shape index (κ2) is 6.91. The lowest BCUT2D eigenvalue weighted by Crippen LogP contribution is -2.04. The maximum absolute atomic E-state index is 13.3. The van der Waals surface area contributed by atoms with Crippen LogP contribution in [0.5, 0.6) is 0 Å². The lowest BCUT2D eigenvalue weighted by atomic mass is 10.1. The molecule has 7 heteroatoms. The fourth-order valence-corrected chi connectivity index (χ4v) is 2.44. The van der Waals surface area contributed by atoms with Crippen molar-refractivity contribution in [2.45, 2.75) is 13.1 Å². The van der Waals surface area contributed by atoms with Crippen LogP contribution >= 0.6 is 0 Å². The van der Waals surface area contributed by atoms with Gasteiger partial charge in [-0.1, -0.05) is 24.3 Å². The van der Waals surface area contributed by atoms with Crippen LogP contribution in [0.3, 0.4) is 0 Å². The van der Waals surface area contributed by atoms with Gasteiger partial charge in [0.15, 0.2) is 0 Å². The molecule has 24 heavy (non-hydrogen) atoms. The number of hydrogen-bond donors (Lipinski definition) is 1. The van der Waals surface area contributed by atoms with Crippen molar-refractivity contribution in [3.63, 3.8) is 0 Å². The number of rotatable bonds is 6. The zero-order valence-electron chi connectivity index (χ0n) is 12.7. The number of imidazole rings is 1. The highest BCUT2D eigenvalue weighted by molar-refractivity contribution is 5.61. The number of halogens is 1. The molecule has 0 atom stereocenters. The third-order valence-corrected chi connectivity index (χ3v) is 3.55. The Morgan fingerprint density at radius 3 is 2.79 bits per heavy atom. The van der Waals surface area contributed by atoms with Gasteiger partial charge < -0.3 is 9.88 Å². The van der Waals surface area contributed by atoms with E-state index in [-0.39, 0.29) is 11.4 Å². The van der Waals surface area contributed by atoms with Crippen molar-refractivity contribution in [3.8, 4) is 0 Å². The smallest absolute Gasteiger partial charge is 0.292 e. The van der Waals surface area contributed by atoms with Crippen molar-refractivity contribution in [3.05, 3.63) is 88.2 Å². The Balaban J connectivity index is 1.73. The van der Waals surface area contributed by atoms with Crippen LogP contribution in [0.1, 0.15) is 11.1 Å². The minimum atomic E-state index is -0.531. The Labute approximate surface area is 137 Å². The number of nitrogens with zero attached hydrogens (tertiary/aromatic N) is 3. The van der Waals surface area contributed by atoms with Gasteiger partial charge in [0.05, 0.1) is 11.3 Å². The average Bonchev–Trinajstić information content (AvgIpc) is 3.06. The van der Waals surface area contributed by atoms with Crippen LogP contribution in [-0.4, -0.2) is 14.5 Å². The standard InChI is InChI=1S/C17H15FN4O2/c18-15-4-5-17(22(23)24)16(9-15)20-10-13-2-1-3-14(8-13)11-21-7-6-19-12-21/h1-9,12,20H,10-11H2. The van der Waals surface area contributed by atoms with E-state index in [0.717, 1.165) is 29.3 Å². The van der Waals surface area contributed by atoms with E-state index in [1.165, 1.54) is 0 Å². The van der Waals surface area contributed by atoms with Gasteiger partial charge >= 0.3 is 0 Å². The first-order valence-corrected chi connectivity index (χ1v) is 7.33. The van der Waals surface area contributed by atoms with Crippen LogP contribution in [-0.2, 0) is 13.1 Å². The molecule has 122 valence electrons. The quantitative estimate of drug-likeness (QED) is 0.555. The molecular formula is C17H15FN4O2. The second-order valence-corrected chi connectivity index (χ2v) is 5.33. The molecule has 0 unspecified atom stereocenters. The molecular weight excluding hydrogens is 311 g/mol. The van der Waals surface area contributed by atoms with Gasteiger partial charge in [-0.25, -0.2) is 9.37 Å². The molecule has 0 fully saturated rings. The Kier molecular flexibility index (Phi) is 4.51. The summed E-state index contributed by atoms with van der Waals surface area (Å²) in [4.78, 5) is 14.5. The Morgan fingerprint density at radius 1 is 1.21 bits per heavy atom. The van der Waals surface area contributed by atoms with E-state index in [4.69, 9.17) is 0 Å². The highest BCUT2D eigenvalue weighted by Gasteiger charge is 2.14. The molecule has 0 aliphatic carbocycles. The van der Waals surface area contributed by atoms with Gasteiger partial charge in [-0.3, -0.25) is 10.1 Å². The first kappa shape index (κ1) is 15.7. The summed E-state index contributed by atoms with van der Waals surface area (Å²) in [6, 6.07) is 11.2. The molecule has 0 aliphatic heterocycles. The van der Waals surface area contributed by atoms with Crippen molar-refractivity contribution < 1.29 is 9.31 Å². The van der Waals surface area contributed by atoms with Crippen LogP contribution in [0.15, 0.2) is 61.2 Å². The zero-order valence-corrected chi connectivity index (χ0v) is 12.7. The van der Waals surface area contributed by atoms with Crippen molar-refractivity contribution in [1.82, 2.24) is 9.55 Å². The molecule has 0 saturated carbocycles. The van der Waals surface area contributed by atoms with E-state index in [2.05, 4.69) is 10.3 Å². The molecule has 6 nitrogen and oxygen atoms in total. The summed E-state index contributed by atoms with van der Waals surface area (Å²) in [7, 11) is 0. The molecule has 1 N–H and O–H groups in total. The molecule has 3 aromatic rings. The molecule has 0 amide bonds. The monoisotopic (exact) mass is 326 g/mol. The summed E-state index contributed by atoms with van der Waals surface area (Å²) in [6.45, 7) is 1.05. The topological polar surface area (TPSA) is 73.0 Å². The minimum absolute atomic E-state index is 0.147. The Bertz CT molecular complexity index is 850. The van der Waals surface area contributed by atoms with Crippen molar-refractivity contribution >= 4 is 11.4 Å². The van der Waals surface area contributed by atoms with Crippen molar-refractivity contribution in [2.75, 3.05) is 5.32 Å². The summed E-state index contributed by atoms with van der Waals surface area (Å²) in [5.74, 6) is -0.517. The SMILES string of the molecule is O=[N+]([O-])c1ccc(F)cc1NCc1cccc(Cn2ccnc2)c1. The summed E-state index contributed by atoms with van der Waals surface area (Å²) in [5.41, 5.74) is 2.05. The number of hydrogen-bond acceptors (Lipinski definition) is 4. The summed E-state index contributed by atoms with van der Waals surface area (Å²) in [6.07, 6.45) is 5.33. The van der Waals surface area contributed by atoms with Crippen LogP contribution in [0, 0.1) is 15.9 Å². The van der Waals surface area contributed by atoms with E-state index in [0.29, 0.717) is 13.1 Å². The fraction of sp³-hybridized carbons (Fsp3) is 0.118. The van der Waals surface area contributed by atoms with Crippen LogP contribution < -0.4 is 5.32 Å². The van der Waals surface area contributed by atoms with Gasteiger partial charge in [0.25, 0.3) is 5.69 Å². The highest BCUT2D eigenvalue weighted by atomic mass is 19.1. The van der Waals surface area contributed by atoms with Gasteiger partial charge in [0, 0.05) is 37.6 Å². The molecule has 2 aromatic carbocycles. The molecule has 0 saturated heterocycles. The number of anilines is 1. The average molecular weight is 326 g/mol. The largest absolute Gasteiger partial charge is 0.375 e. The first-order valence-electron chi connectivity index (χ1n) is 7.33. The molecule has 0 radical (unpaired) electrons. The van der Waals surface area contributed by atoms with E-state index >= 15 is 0 Å². The number of aromatic nitrogens is 2. The molecule has 1 heterocycles. The van der Waals surface area contributed by atoms with E-state index in [1.54, 1.807) is 12.5 Å². The molecule has 0 bridgehead atoms. The predicted octanol–water partition coefficient (Wildman–Crippen LogP) is 3.59. The lowest BCUT2D eigenvalue weighted by Gasteiger charge is -2.09. The van der Waals surface area contributed by atoms with E-state index in [9.17, 15) is 14.5 Å². The zero-order chi connectivity index (χ0) is 16.9.